The first-order valence-electron chi connectivity index (χ1n) is 10.9. The number of likely N-dealkylation sites (N-methyl/N-ethyl adjacent to an activating group) is 1. The molecule has 168 valence electrons. The van der Waals surface area contributed by atoms with E-state index in [1.165, 1.54) is 5.56 Å². The van der Waals surface area contributed by atoms with Crippen LogP contribution >= 0.6 is 0 Å². The van der Waals surface area contributed by atoms with Crippen molar-refractivity contribution in [1.82, 2.24) is 9.88 Å². The average molecular weight is 433 g/mol. The van der Waals surface area contributed by atoms with Gasteiger partial charge in [0, 0.05) is 51.0 Å². The van der Waals surface area contributed by atoms with E-state index in [1.807, 2.05) is 32.3 Å². The van der Waals surface area contributed by atoms with E-state index in [9.17, 15) is 0 Å². The Morgan fingerprint density at radius 3 is 2.22 bits per heavy atom. The van der Waals surface area contributed by atoms with Crippen molar-refractivity contribution in [3.05, 3.63) is 66.2 Å². The Bertz CT molecular complexity index is 1030. The van der Waals surface area contributed by atoms with E-state index < -0.39 is 0 Å². The topological polar surface area (TPSA) is 41.1 Å². The van der Waals surface area contributed by atoms with E-state index in [1.54, 1.807) is 14.2 Å². The predicted molar refractivity (Wildman–Crippen MR) is 131 cm³/mol. The first-order valence-corrected chi connectivity index (χ1v) is 10.9. The lowest BCUT2D eigenvalue weighted by molar-refractivity contribution is 0.221. The molecule has 32 heavy (non-hydrogen) atoms. The second-order valence-corrected chi connectivity index (χ2v) is 8.38. The quantitative estimate of drug-likeness (QED) is 0.578. The lowest BCUT2D eigenvalue weighted by Crippen LogP contribution is -2.47. The summed E-state index contributed by atoms with van der Waals surface area (Å²) in [6.45, 7) is 2.81. The summed E-state index contributed by atoms with van der Waals surface area (Å²) < 4.78 is 10.8. The van der Waals surface area contributed by atoms with Crippen molar-refractivity contribution >= 4 is 11.4 Å². The van der Waals surface area contributed by atoms with Gasteiger partial charge in [0.2, 0.25) is 5.88 Å². The Kier molecular flexibility index (Phi) is 6.51. The molecule has 1 atom stereocenters. The van der Waals surface area contributed by atoms with Gasteiger partial charge in [0.05, 0.1) is 31.6 Å². The van der Waals surface area contributed by atoms with E-state index in [0.717, 1.165) is 48.0 Å². The summed E-state index contributed by atoms with van der Waals surface area (Å²) in [6.07, 6.45) is 0. The van der Waals surface area contributed by atoms with Crippen LogP contribution in [0.15, 0.2) is 60.7 Å². The summed E-state index contributed by atoms with van der Waals surface area (Å²) in [7, 11) is 9.66. The van der Waals surface area contributed by atoms with E-state index in [0.29, 0.717) is 11.9 Å². The molecule has 0 amide bonds. The molecule has 1 unspecified atom stereocenters. The Labute approximate surface area is 191 Å². The number of pyridine rings is 1. The Balaban J connectivity index is 1.67. The van der Waals surface area contributed by atoms with Gasteiger partial charge in [0.25, 0.3) is 0 Å². The molecule has 1 aromatic heterocycles. The van der Waals surface area contributed by atoms with Crippen LogP contribution in [0.3, 0.4) is 0 Å². The highest BCUT2D eigenvalue weighted by atomic mass is 16.5. The van der Waals surface area contributed by atoms with Gasteiger partial charge in [-0.05, 0) is 42.9 Å². The minimum atomic E-state index is 0.292. The first-order chi connectivity index (χ1) is 15.5. The summed E-state index contributed by atoms with van der Waals surface area (Å²) in [5.74, 6) is 1.51. The molecule has 1 fully saturated rings. The zero-order chi connectivity index (χ0) is 22.7. The van der Waals surface area contributed by atoms with Gasteiger partial charge in [-0.25, -0.2) is 4.98 Å². The fraction of sp³-hybridized carbons (Fsp3) is 0.346. The molecular weight excluding hydrogens is 400 g/mol. The number of benzene rings is 2. The Hall–Kier alpha value is -3.25. The van der Waals surface area contributed by atoms with E-state index in [4.69, 9.17) is 14.5 Å². The highest BCUT2D eigenvalue weighted by molar-refractivity contribution is 5.77. The van der Waals surface area contributed by atoms with Gasteiger partial charge in [-0.2, -0.15) is 0 Å². The summed E-state index contributed by atoms with van der Waals surface area (Å²) in [6, 6.07) is 21.3. The highest BCUT2D eigenvalue weighted by Gasteiger charge is 2.28. The molecule has 0 N–H and O–H groups in total. The number of ether oxygens (including phenoxy) is 2. The minimum Gasteiger partial charge on any atom is -0.497 e. The van der Waals surface area contributed by atoms with Crippen LogP contribution in [0.4, 0.5) is 11.4 Å². The first kappa shape index (κ1) is 22.0. The number of anilines is 2. The lowest BCUT2D eigenvalue weighted by atomic mass is 10.0. The number of methoxy groups -OCH3 is 2. The molecule has 1 aliphatic rings. The maximum Gasteiger partial charge on any atom is 0.213 e. The van der Waals surface area contributed by atoms with Gasteiger partial charge in [-0.15, -0.1) is 0 Å². The fourth-order valence-electron chi connectivity index (χ4n) is 4.21. The second-order valence-electron chi connectivity index (χ2n) is 8.38. The number of hydrogen-bond acceptors (Lipinski definition) is 6. The average Bonchev–Trinajstić information content (AvgIpc) is 2.84. The van der Waals surface area contributed by atoms with Crippen molar-refractivity contribution in [3.8, 4) is 22.9 Å². The second kappa shape index (κ2) is 9.49. The molecule has 2 heterocycles. The van der Waals surface area contributed by atoms with Gasteiger partial charge >= 0.3 is 0 Å². The predicted octanol–water partition coefficient (Wildman–Crippen LogP) is 4.32. The molecule has 3 aromatic rings. The molecule has 1 saturated heterocycles. The highest BCUT2D eigenvalue weighted by Crippen LogP contribution is 2.35. The minimum absolute atomic E-state index is 0.292. The smallest absolute Gasteiger partial charge is 0.213 e. The van der Waals surface area contributed by atoms with Gasteiger partial charge in [0.1, 0.15) is 5.75 Å². The van der Waals surface area contributed by atoms with Crippen LogP contribution in [-0.2, 0) is 0 Å². The van der Waals surface area contributed by atoms with E-state index in [-0.39, 0.29) is 0 Å². The molecule has 4 rings (SSSR count). The molecule has 1 aliphatic heterocycles. The third kappa shape index (κ3) is 4.50. The standard InChI is InChI=1S/C26H32N4O2/c1-28(2)21-10-6-20(7-11-21)26-23(14-15-25(27-26)32-5)30-17-16-29(3)24(18-30)19-8-12-22(31-4)13-9-19/h6-15,24H,16-18H2,1-5H3. The maximum atomic E-state index is 5.45. The largest absolute Gasteiger partial charge is 0.497 e. The van der Waals surface area contributed by atoms with E-state index >= 15 is 0 Å². The number of nitrogens with zero attached hydrogens (tertiary/aromatic N) is 4. The summed E-state index contributed by atoms with van der Waals surface area (Å²) in [5, 5.41) is 0. The third-order valence-corrected chi connectivity index (χ3v) is 6.20. The zero-order valence-electron chi connectivity index (χ0n) is 19.6. The molecule has 0 aliphatic carbocycles. The molecular formula is C26H32N4O2. The van der Waals surface area contributed by atoms with Crippen LogP contribution in [0.5, 0.6) is 11.6 Å². The summed E-state index contributed by atoms with van der Waals surface area (Å²) in [4.78, 5) is 11.8. The molecule has 6 heteroatoms. The zero-order valence-corrected chi connectivity index (χ0v) is 19.6. The maximum absolute atomic E-state index is 5.45. The van der Waals surface area contributed by atoms with Crippen molar-refractivity contribution < 1.29 is 9.47 Å². The molecule has 0 bridgehead atoms. The van der Waals surface area contributed by atoms with Crippen molar-refractivity contribution in [2.45, 2.75) is 6.04 Å². The lowest BCUT2D eigenvalue weighted by Gasteiger charge is -2.41. The van der Waals surface area contributed by atoms with Gasteiger partial charge in [-0.1, -0.05) is 24.3 Å². The van der Waals surface area contributed by atoms with Crippen LogP contribution in [-0.4, -0.2) is 64.9 Å². The van der Waals surface area contributed by atoms with Crippen molar-refractivity contribution in [3.63, 3.8) is 0 Å². The Morgan fingerprint density at radius 2 is 1.59 bits per heavy atom. The number of hydrogen-bond donors (Lipinski definition) is 0. The fourth-order valence-corrected chi connectivity index (χ4v) is 4.21. The van der Waals surface area contributed by atoms with Gasteiger partial charge < -0.3 is 19.3 Å². The molecule has 6 nitrogen and oxygen atoms in total. The molecule has 0 spiro atoms. The monoisotopic (exact) mass is 432 g/mol. The van der Waals surface area contributed by atoms with Crippen LogP contribution in [0.1, 0.15) is 11.6 Å². The van der Waals surface area contributed by atoms with Crippen LogP contribution in [0.25, 0.3) is 11.3 Å². The van der Waals surface area contributed by atoms with Crippen molar-refractivity contribution in [2.75, 3.05) is 64.8 Å². The van der Waals surface area contributed by atoms with Gasteiger partial charge in [0.15, 0.2) is 0 Å². The summed E-state index contributed by atoms with van der Waals surface area (Å²) >= 11 is 0. The van der Waals surface area contributed by atoms with Crippen molar-refractivity contribution in [2.24, 2.45) is 0 Å². The Morgan fingerprint density at radius 1 is 0.875 bits per heavy atom. The van der Waals surface area contributed by atoms with E-state index in [2.05, 4.69) is 64.2 Å². The third-order valence-electron chi connectivity index (χ3n) is 6.20. The molecule has 0 saturated carbocycles. The number of aromatic nitrogens is 1. The van der Waals surface area contributed by atoms with Crippen LogP contribution in [0, 0.1) is 0 Å². The van der Waals surface area contributed by atoms with Crippen molar-refractivity contribution in [1.29, 1.82) is 0 Å². The number of rotatable bonds is 6. The van der Waals surface area contributed by atoms with Gasteiger partial charge in [-0.3, -0.25) is 4.90 Å². The van der Waals surface area contributed by atoms with Crippen LogP contribution in [0.2, 0.25) is 0 Å². The number of piperazine rings is 1. The summed E-state index contributed by atoms with van der Waals surface area (Å²) in [5.41, 5.74) is 5.63. The molecule has 2 aromatic carbocycles. The normalized spacial score (nSPS) is 16.7. The SMILES string of the molecule is COc1ccc(C2CN(c3ccc(OC)nc3-c3ccc(N(C)C)cc3)CCN2C)cc1. The molecule has 0 radical (unpaired) electrons. The van der Waals surface area contributed by atoms with Crippen LogP contribution < -0.4 is 19.3 Å².